The van der Waals surface area contributed by atoms with Gasteiger partial charge in [0.1, 0.15) is 5.76 Å². The normalized spacial score (nSPS) is 10.8. The first-order valence-electron chi connectivity index (χ1n) is 6.04. The van der Waals surface area contributed by atoms with Gasteiger partial charge in [-0.25, -0.2) is 4.98 Å². The first-order valence-corrected chi connectivity index (χ1v) is 6.83. The van der Waals surface area contributed by atoms with Gasteiger partial charge >= 0.3 is 0 Å². The lowest BCUT2D eigenvalue weighted by Gasteiger charge is -2.04. The maximum absolute atomic E-state index is 10.9. The van der Waals surface area contributed by atoms with Crippen molar-refractivity contribution < 1.29 is 9.34 Å². The van der Waals surface area contributed by atoms with E-state index >= 15 is 0 Å². The second-order valence-electron chi connectivity index (χ2n) is 4.38. The number of hydrogen-bond acceptors (Lipinski definition) is 5. The van der Waals surface area contributed by atoms with E-state index in [2.05, 4.69) is 26.2 Å². The van der Waals surface area contributed by atoms with E-state index in [0.29, 0.717) is 24.5 Å². The average molecular weight is 340 g/mol. The van der Waals surface area contributed by atoms with Crippen molar-refractivity contribution >= 4 is 21.6 Å². The van der Waals surface area contributed by atoms with Crippen molar-refractivity contribution in [2.45, 2.75) is 26.9 Å². The van der Waals surface area contributed by atoms with E-state index in [1.165, 1.54) is 6.07 Å². The van der Waals surface area contributed by atoms with Crippen LogP contribution in [0.2, 0.25) is 0 Å². The van der Waals surface area contributed by atoms with E-state index in [-0.39, 0.29) is 10.6 Å². The van der Waals surface area contributed by atoms with Gasteiger partial charge in [0.25, 0.3) is 5.69 Å². The number of nitrogens with one attached hydrogen (secondary N) is 1. The molecule has 0 radical (unpaired) electrons. The second kappa shape index (κ2) is 6.15. The third-order valence-corrected chi connectivity index (χ3v) is 3.40. The minimum Gasteiger partial charge on any atom is -0.444 e. The van der Waals surface area contributed by atoms with Crippen LogP contribution in [0.1, 0.15) is 22.9 Å². The number of hydrogen-bond donors (Lipinski definition) is 1. The highest BCUT2D eigenvalue weighted by Crippen LogP contribution is 2.23. The molecule has 2 aromatic rings. The molecular formula is C13H14BrN3O3. The number of benzene rings is 1. The summed E-state index contributed by atoms with van der Waals surface area (Å²) in [6.07, 6.45) is 0. The molecule has 0 atom stereocenters. The fourth-order valence-corrected chi connectivity index (χ4v) is 2.20. The lowest BCUT2D eigenvalue weighted by molar-refractivity contribution is -0.385. The minimum atomic E-state index is -0.386. The first kappa shape index (κ1) is 14.7. The summed E-state index contributed by atoms with van der Waals surface area (Å²) in [6.45, 7) is 4.53. The monoisotopic (exact) mass is 339 g/mol. The van der Waals surface area contributed by atoms with Gasteiger partial charge in [0.05, 0.1) is 17.2 Å². The molecule has 1 aromatic heterocycles. The third-order valence-electron chi connectivity index (χ3n) is 2.90. The summed E-state index contributed by atoms with van der Waals surface area (Å²) in [5.41, 5.74) is 1.57. The quantitative estimate of drug-likeness (QED) is 0.667. The molecule has 0 amide bonds. The van der Waals surface area contributed by atoms with Crippen molar-refractivity contribution in [3.05, 3.63) is 55.7 Å². The SMILES string of the molecule is Cc1nc(CNCc2cc(Br)ccc2[N+](=O)[O-])oc1C. The highest BCUT2D eigenvalue weighted by Gasteiger charge is 2.13. The number of rotatable bonds is 5. The molecule has 0 aliphatic carbocycles. The maximum atomic E-state index is 10.9. The number of aromatic nitrogens is 1. The van der Waals surface area contributed by atoms with Crippen LogP contribution >= 0.6 is 15.9 Å². The summed E-state index contributed by atoms with van der Waals surface area (Å²) in [6, 6.07) is 4.88. The van der Waals surface area contributed by atoms with Gasteiger partial charge in [0, 0.05) is 22.6 Å². The molecule has 7 heteroatoms. The molecule has 0 unspecified atom stereocenters. The van der Waals surface area contributed by atoms with Crippen LogP contribution in [0.15, 0.2) is 27.1 Å². The van der Waals surface area contributed by atoms with Crippen LogP contribution in [0.4, 0.5) is 5.69 Å². The van der Waals surface area contributed by atoms with Gasteiger partial charge in [0.2, 0.25) is 5.89 Å². The number of halogens is 1. The van der Waals surface area contributed by atoms with Crippen LogP contribution in [0.5, 0.6) is 0 Å². The van der Waals surface area contributed by atoms with Crippen molar-refractivity contribution in [2.75, 3.05) is 0 Å². The Morgan fingerprint density at radius 2 is 2.15 bits per heavy atom. The number of aryl methyl sites for hydroxylation is 2. The lowest BCUT2D eigenvalue weighted by Crippen LogP contribution is -2.14. The summed E-state index contributed by atoms with van der Waals surface area (Å²) >= 11 is 3.31. The van der Waals surface area contributed by atoms with Crippen molar-refractivity contribution in [1.82, 2.24) is 10.3 Å². The zero-order valence-corrected chi connectivity index (χ0v) is 12.7. The molecule has 1 aromatic carbocycles. The van der Waals surface area contributed by atoms with Gasteiger partial charge in [-0.1, -0.05) is 15.9 Å². The van der Waals surface area contributed by atoms with Crippen LogP contribution in [0.25, 0.3) is 0 Å². The summed E-state index contributed by atoms with van der Waals surface area (Å²) in [5, 5.41) is 14.0. The molecule has 0 saturated carbocycles. The fraction of sp³-hybridized carbons (Fsp3) is 0.308. The van der Waals surface area contributed by atoms with Crippen LogP contribution in [-0.4, -0.2) is 9.91 Å². The zero-order valence-electron chi connectivity index (χ0n) is 11.1. The summed E-state index contributed by atoms with van der Waals surface area (Å²) in [7, 11) is 0. The molecule has 2 rings (SSSR count). The topological polar surface area (TPSA) is 81.2 Å². The lowest BCUT2D eigenvalue weighted by atomic mass is 10.2. The van der Waals surface area contributed by atoms with E-state index in [1.54, 1.807) is 12.1 Å². The van der Waals surface area contributed by atoms with Gasteiger partial charge in [0.15, 0.2) is 0 Å². The summed E-state index contributed by atoms with van der Waals surface area (Å²) in [5.74, 6) is 1.37. The molecule has 0 fully saturated rings. The molecular weight excluding hydrogens is 326 g/mol. The molecule has 6 nitrogen and oxygen atoms in total. The maximum Gasteiger partial charge on any atom is 0.273 e. The Hall–Kier alpha value is -1.73. The Morgan fingerprint density at radius 1 is 1.40 bits per heavy atom. The first-order chi connectivity index (χ1) is 9.47. The Morgan fingerprint density at radius 3 is 2.75 bits per heavy atom. The molecule has 0 bridgehead atoms. The summed E-state index contributed by atoms with van der Waals surface area (Å²) in [4.78, 5) is 14.8. The number of oxazole rings is 1. The smallest absolute Gasteiger partial charge is 0.273 e. The second-order valence-corrected chi connectivity index (χ2v) is 5.30. The van der Waals surface area contributed by atoms with E-state index in [4.69, 9.17) is 4.42 Å². The van der Waals surface area contributed by atoms with Crippen LogP contribution in [0.3, 0.4) is 0 Å². The van der Waals surface area contributed by atoms with Gasteiger partial charge < -0.3 is 9.73 Å². The molecule has 1 N–H and O–H groups in total. The van der Waals surface area contributed by atoms with Crippen LogP contribution in [-0.2, 0) is 13.1 Å². The highest BCUT2D eigenvalue weighted by molar-refractivity contribution is 9.10. The molecule has 0 aliphatic rings. The standard InChI is InChI=1S/C13H14BrN3O3/c1-8-9(2)20-13(16-8)7-15-6-10-5-11(14)3-4-12(10)17(18)19/h3-5,15H,6-7H2,1-2H3. The molecule has 20 heavy (non-hydrogen) atoms. The third kappa shape index (κ3) is 3.43. The zero-order chi connectivity index (χ0) is 14.7. The van der Waals surface area contributed by atoms with Crippen molar-refractivity contribution in [2.24, 2.45) is 0 Å². The summed E-state index contributed by atoms with van der Waals surface area (Å²) < 4.78 is 6.24. The van der Waals surface area contributed by atoms with E-state index in [1.807, 2.05) is 13.8 Å². The predicted molar refractivity (Wildman–Crippen MR) is 77.3 cm³/mol. The van der Waals surface area contributed by atoms with E-state index in [9.17, 15) is 10.1 Å². The largest absolute Gasteiger partial charge is 0.444 e. The molecule has 106 valence electrons. The average Bonchev–Trinajstić information content (AvgIpc) is 2.68. The van der Waals surface area contributed by atoms with E-state index in [0.717, 1.165) is 15.9 Å². The Kier molecular flexibility index (Phi) is 4.51. The fourth-order valence-electron chi connectivity index (χ4n) is 1.79. The molecule has 0 saturated heterocycles. The van der Waals surface area contributed by atoms with Gasteiger partial charge in [-0.05, 0) is 26.0 Å². The van der Waals surface area contributed by atoms with E-state index < -0.39 is 0 Å². The Balaban J connectivity index is 2.03. The minimum absolute atomic E-state index is 0.0977. The Bertz CT molecular complexity index is 620. The number of nitro groups is 1. The highest BCUT2D eigenvalue weighted by atomic mass is 79.9. The van der Waals surface area contributed by atoms with Gasteiger partial charge in [-0.2, -0.15) is 0 Å². The number of nitrogens with zero attached hydrogens (tertiary/aromatic N) is 2. The molecule has 0 spiro atoms. The van der Waals surface area contributed by atoms with Gasteiger partial charge in [-0.15, -0.1) is 0 Å². The van der Waals surface area contributed by atoms with Crippen LogP contribution in [0, 0.1) is 24.0 Å². The molecule has 0 aliphatic heterocycles. The predicted octanol–water partition coefficient (Wildman–Crippen LogP) is 3.25. The Labute approximate surface area is 124 Å². The van der Waals surface area contributed by atoms with Gasteiger partial charge in [-0.3, -0.25) is 10.1 Å². The molecule has 1 heterocycles. The van der Waals surface area contributed by atoms with Crippen molar-refractivity contribution in [3.8, 4) is 0 Å². The van der Waals surface area contributed by atoms with Crippen LogP contribution < -0.4 is 5.32 Å². The van der Waals surface area contributed by atoms with Crippen molar-refractivity contribution in [1.29, 1.82) is 0 Å². The number of nitro benzene ring substituents is 1. The van der Waals surface area contributed by atoms with Crippen molar-refractivity contribution in [3.63, 3.8) is 0 Å².